The molecular weight excluding hydrogens is 308 g/mol. The Kier molecular flexibility index (Phi) is 8.28. The Hall–Kier alpha value is -1.24. The summed E-state index contributed by atoms with van der Waals surface area (Å²) in [5.41, 5.74) is 7.18. The predicted molar refractivity (Wildman–Crippen MR) is 98.3 cm³/mol. The van der Waals surface area contributed by atoms with E-state index < -0.39 is 0 Å². The third-order valence-corrected chi connectivity index (χ3v) is 4.73. The highest BCUT2D eigenvalue weighted by Gasteiger charge is 2.08. The highest BCUT2D eigenvalue weighted by molar-refractivity contribution is 7.99. The summed E-state index contributed by atoms with van der Waals surface area (Å²) in [5, 5.41) is 3.18. The number of rotatable bonds is 8. The Morgan fingerprint density at radius 3 is 2.78 bits per heavy atom. The predicted octanol–water partition coefficient (Wildman–Crippen LogP) is 1.71. The summed E-state index contributed by atoms with van der Waals surface area (Å²) in [6, 6.07) is 8.59. The SMILES string of the molecule is Cc1ccc(SCCNC(N)=NCCCN2CCOCC2)cc1. The van der Waals surface area contributed by atoms with Crippen LogP contribution in [0.4, 0.5) is 0 Å². The molecular formula is C17H28N4OS. The van der Waals surface area contributed by atoms with Crippen LogP contribution in [0.15, 0.2) is 34.2 Å². The van der Waals surface area contributed by atoms with Crippen molar-refractivity contribution in [2.75, 3.05) is 51.7 Å². The number of thioether (sulfide) groups is 1. The topological polar surface area (TPSA) is 62.9 Å². The number of nitrogens with zero attached hydrogens (tertiary/aromatic N) is 2. The third-order valence-electron chi connectivity index (χ3n) is 3.72. The quantitative estimate of drug-likeness (QED) is 0.327. The summed E-state index contributed by atoms with van der Waals surface area (Å²) in [6.45, 7) is 8.56. The van der Waals surface area contributed by atoms with Crippen LogP contribution < -0.4 is 11.1 Å². The van der Waals surface area contributed by atoms with Gasteiger partial charge < -0.3 is 15.8 Å². The molecule has 0 saturated carbocycles. The van der Waals surface area contributed by atoms with Gasteiger partial charge in [0.2, 0.25) is 0 Å². The van der Waals surface area contributed by atoms with Crippen molar-refractivity contribution in [1.29, 1.82) is 0 Å². The fourth-order valence-corrected chi connectivity index (χ4v) is 3.13. The first-order valence-electron chi connectivity index (χ1n) is 8.27. The number of guanidine groups is 1. The Labute approximate surface area is 143 Å². The van der Waals surface area contributed by atoms with Crippen LogP contribution in [0.3, 0.4) is 0 Å². The Morgan fingerprint density at radius 2 is 2.04 bits per heavy atom. The first kappa shape index (κ1) is 18.1. The van der Waals surface area contributed by atoms with Crippen molar-refractivity contribution >= 4 is 17.7 Å². The van der Waals surface area contributed by atoms with Gasteiger partial charge in [-0.05, 0) is 25.5 Å². The highest BCUT2D eigenvalue weighted by atomic mass is 32.2. The van der Waals surface area contributed by atoms with Crippen LogP contribution >= 0.6 is 11.8 Å². The zero-order valence-corrected chi connectivity index (χ0v) is 14.8. The van der Waals surface area contributed by atoms with Crippen molar-refractivity contribution in [3.63, 3.8) is 0 Å². The number of hydrogen-bond donors (Lipinski definition) is 2. The number of morpholine rings is 1. The lowest BCUT2D eigenvalue weighted by Gasteiger charge is -2.26. The molecule has 0 radical (unpaired) electrons. The van der Waals surface area contributed by atoms with E-state index in [1.54, 1.807) is 0 Å². The maximum Gasteiger partial charge on any atom is 0.188 e. The molecule has 128 valence electrons. The smallest absolute Gasteiger partial charge is 0.188 e. The lowest BCUT2D eigenvalue weighted by Crippen LogP contribution is -2.37. The third kappa shape index (κ3) is 7.72. The molecule has 1 aliphatic rings. The van der Waals surface area contributed by atoms with Gasteiger partial charge >= 0.3 is 0 Å². The van der Waals surface area contributed by atoms with Gasteiger partial charge in [0.1, 0.15) is 0 Å². The van der Waals surface area contributed by atoms with E-state index in [-0.39, 0.29) is 0 Å². The molecule has 0 atom stereocenters. The van der Waals surface area contributed by atoms with Crippen LogP contribution in [0.25, 0.3) is 0 Å². The van der Waals surface area contributed by atoms with Crippen LogP contribution in [-0.4, -0.2) is 62.5 Å². The van der Waals surface area contributed by atoms with Gasteiger partial charge in [0, 0.05) is 43.4 Å². The molecule has 5 nitrogen and oxygen atoms in total. The van der Waals surface area contributed by atoms with Crippen LogP contribution in [0.2, 0.25) is 0 Å². The summed E-state index contributed by atoms with van der Waals surface area (Å²) < 4.78 is 5.34. The molecule has 0 amide bonds. The van der Waals surface area contributed by atoms with E-state index in [0.29, 0.717) is 5.96 Å². The monoisotopic (exact) mass is 336 g/mol. The fourth-order valence-electron chi connectivity index (χ4n) is 2.36. The molecule has 1 saturated heterocycles. The van der Waals surface area contributed by atoms with E-state index in [2.05, 4.69) is 46.4 Å². The van der Waals surface area contributed by atoms with Crippen molar-refractivity contribution in [2.45, 2.75) is 18.2 Å². The second-order valence-corrected chi connectivity index (χ2v) is 6.83. The first-order chi connectivity index (χ1) is 11.2. The molecule has 2 rings (SSSR count). The molecule has 23 heavy (non-hydrogen) atoms. The highest BCUT2D eigenvalue weighted by Crippen LogP contribution is 2.17. The fraction of sp³-hybridized carbons (Fsp3) is 0.588. The number of aryl methyl sites for hydroxylation is 1. The molecule has 0 spiro atoms. The lowest BCUT2D eigenvalue weighted by molar-refractivity contribution is 0.0377. The summed E-state index contributed by atoms with van der Waals surface area (Å²) in [4.78, 5) is 8.09. The molecule has 6 heteroatoms. The van der Waals surface area contributed by atoms with Crippen LogP contribution in [0.1, 0.15) is 12.0 Å². The van der Waals surface area contributed by atoms with Gasteiger partial charge in [-0.25, -0.2) is 0 Å². The minimum atomic E-state index is 0.552. The minimum absolute atomic E-state index is 0.552. The largest absolute Gasteiger partial charge is 0.379 e. The van der Waals surface area contributed by atoms with Crippen molar-refractivity contribution in [3.05, 3.63) is 29.8 Å². The van der Waals surface area contributed by atoms with Gasteiger partial charge in [0.25, 0.3) is 0 Å². The number of hydrogen-bond acceptors (Lipinski definition) is 4. The normalized spacial score (nSPS) is 16.5. The maximum absolute atomic E-state index is 5.89. The van der Waals surface area contributed by atoms with Gasteiger partial charge in [0.15, 0.2) is 5.96 Å². The van der Waals surface area contributed by atoms with Crippen molar-refractivity contribution in [2.24, 2.45) is 10.7 Å². The van der Waals surface area contributed by atoms with E-state index in [1.807, 2.05) is 11.8 Å². The number of nitrogens with one attached hydrogen (secondary N) is 1. The lowest BCUT2D eigenvalue weighted by atomic mass is 10.2. The molecule has 1 fully saturated rings. The zero-order valence-electron chi connectivity index (χ0n) is 14.0. The average Bonchev–Trinajstić information content (AvgIpc) is 2.58. The molecule has 1 heterocycles. The van der Waals surface area contributed by atoms with Crippen LogP contribution in [-0.2, 0) is 4.74 Å². The van der Waals surface area contributed by atoms with Gasteiger partial charge in [-0.2, -0.15) is 0 Å². The number of aliphatic imine (C=N–C) groups is 1. The summed E-state index contributed by atoms with van der Waals surface area (Å²) >= 11 is 1.83. The summed E-state index contributed by atoms with van der Waals surface area (Å²) in [6.07, 6.45) is 1.04. The van der Waals surface area contributed by atoms with E-state index in [1.165, 1.54) is 10.5 Å². The molecule has 1 aliphatic heterocycles. The molecule has 0 aromatic heterocycles. The van der Waals surface area contributed by atoms with Gasteiger partial charge in [-0.1, -0.05) is 17.7 Å². The standard InChI is InChI=1S/C17H28N4OS/c1-15-3-5-16(6-4-15)23-14-8-20-17(18)19-7-2-9-21-10-12-22-13-11-21/h3-6H,2,7-14H2,1H3,(H3,18,19,20). The number of ether oxygens (including phenoxy) is 1. The van der Waals surface area contributed by atoms with E-state index in [0.717, 1.165) is 58.1 Å². The maximum atomic E-state index is 5.89. The van der Waals surface area contributed by atoms with Gasteiger partial charge in [-0.3, -0.25) is 9.89 Å². The molecule has 1 aromatic carbocycles. The van der Waals surface area contributed by atoms with E-state index >= 15 is 0 Å². The molecule has 0 bridgehead atoms. The van der Waals surface area contributed by atoms with Gasteiger partial charge in [-0.15, -0.1) is 11.8 Å². The Morgan fingerprint density at radius 1 is 1.30 bits per heavy atom. The van der Waals surface area contributed by atoms with Crippen LogP contribution in [0.5, 0.6) is 0 Å². The van der Waals surface area contributed by atoms with Crippen molar-refractivity contribution in [1.82, 2.24) is 10.2 Å². The first-order valence-corrected chi connectivity index (χ1v) is 9.26. The zero-order chi connectivity index (χ0) is 16.3. The van der Waals surface area contributed by atoms with Crippen LogP contribution in [0, 0.1) is 6.92 Å². The van der Waals surface area contributed by atoms with Gasteiger partial charge in [0.05, 0.1) is 13.2 Å². The molecule has 0 unspecified atom stereocenters. The number of benzene rings is 1. The molecule has 3 N–H and O–H groups in total. The average molecular weight is 337 g/mol. The van der Waals surface area contributed by atoms with E-state index in [9.17, 15) is 0 Å². The minimum Gasteiger partial charge on any atom is -0.379 e. The molecule has 1 aromatic rings. The van der Waals surface area contributed by atoms with E-state index in [4.69, 9.17) is 10.5 Å². The Bertz CT molecular complexity index is 472. The second kappa shape index (κ2) is 10.5. The number of nitrogens with two attached hydrogens (primary N) is 1. The second-order valence-electron chi connectivity index (χ2n) is 5.66. The summed E-state index contributed by atoms with van der Waals surface area (Å²) in [7, 11) is 0. The van der Waals surface area contributed by atoms with Crippen molar-refractivity contribution < 1.29 is 4.74 Å². The Balaban J connectivity index is 1.51. The molecule has 0 aliphatic carbocycles. The van der Waals surface area contributed by atoms with Crippen molar-refractivity contribution in [3.8, 4) is 0 Å². The summed E-state index contributed by atoms with van der Waals surface area (Å²) in [5.74, 6) is 1.53.